The predicted molar refractivity (Wildman–Crippen MR) is 80.1 cm³/mol. The van der Waals surface area contributed by atoms with Gasteiger partial charge in [0.25, 0.3) is 0 Å². The molecule has 0 aliphatic heterocycles. The third-order valence-electron chi connectivity index (χ3n) is 3.80. The largest absolute Gasteiger partial charge is 0.308 e. The third kappa shape index (κ3) is 3.98. The van der Waals surface area contributed by atoms with E-state index in [-0.39, 0.29) is 11.6 Å². The molecule has 0 fully saturated rings. The molecule has 1 unspecified atom stereocenters. The molecule has 19 heavy (non-hydrogen) atoms. The van der Waals surface area contributed by atoms with E-state index in [1.165, 1.54) is 0 Å². The number of hydrogen-bond acceptors (Lipinski definition) is 4. The van der Waals surface area contributed by atoms with E-state index in [0.717, 1.165) is 31.6 Å². The van der Waals surface area contributed by atoms with E-state index < -0.39 is 0 Å². The Balaban J connectivity index is 3.02. The van der Waals surface area contributed by atoms with Crippen molar-refractivity contribution in [3.05, 3.63) is 24.3 Å². The number of nitrogens with zero attached hydrogens (tertiary/aromatic N) is 3. The minimum Gasteiger partial charge on any atom is -0.308 e. The lowest BCUT2D eigenvalue weighted by Gasteiger charge is -2.43. The van der Waals surface area contributed by atoms with Crippen molar-refractivity contribution in [2.45, 2.75) is 52.6 Å². The molecule has 0 aliphatic carbocycles. The summed E-state index contributed by atoms with van der Waals surface area (Å²) in [5.74, 6) is 0. The number of hydrogen-bond donors (Lipinski definition) is 1. The van der Waals surface area contributed by atoms with Crippen LogP contribution in [0.1, 0.15) is 52.6 Å². The van der Waals surface area contributed by atoms with E-state index in [2.05, 4.69) is 54.8 Å². The molecule has 0 spiro atoms. The van der Waals surface area contributed by atoms with Gasteiger partial charge in [0.1, 0.15) is 6.33 Å². The van der Waals surface area contributed by atoms with Crippen molar-refractivity contribution in [1.82, 2.24) is 20.2 Å². The highest BCUT2D eigenvalue weighted by atomic mass is 15.2. The Morgan fingerprint density at radius 2 is 1.74 bits per heavy atom. The Morgan fingerprint density at radius 1 is 1.16 bits per heavy atom. The molecule has 108 valence electrons. The zero-order chi connectivity index (χ0) is 14.3. The molecule has 4 heteroatoms. The van der Waals surface area contributed by atoms with Gasteiger partial charge in [-0.25, -0.2) is 9.97 Å². The highest BCUT2D eigenvalue weighted by Gasteiger charge is 2.34. The fourth-order valence-corrected chi connectivity index (χ4v) is 2.75. The van der Waals surface area contributed by atoms with E-state index >= 15 is 0 Å². The molecular weight excluding hydrogens is 236 g/mol. The second-order valence-corrected chi connectivity index (χ2v) is 5.38. The molecule has 1 rings (SSSR count). The van der Waals surface area contributed by atoms with Gasteiger partial charge in [-0.15, -0.1) is 0 Å². The van der Waals surface area contributed by atoms with Crippen LogP contribution in [0.25, 0.3) is 0 Å². The Hall–Kier alpha value is -1.00. The van der Waals surface area contributed by atoms with Crippen LogP contribution in [0.5, 0.6) is 0 Å². The SMILES string of the molecule is CCCNC(c1cncnc1)C(C)(C)N(CC)CC. The lowest BCUT2D eigenvalue weighted by atomic mass is 9.88. The van der Waals surface area contributed by atoms with Gasteiger partial charge in [0.05, 0.1) is 6.04 Å². The van der Waals surface area contributed by atoms with Gasteiger partial charge in [-0.2, -0.15) is 0 Å². The monoisotopic (exact) mass is 264 g/mol. The smallest absolute Gasteiger partial charge is 0.115 e. The summed E-state index contributed by atoms with van der Waals surface area (Å²) >= 11 is 0. The lowest BCUT2D eigenvalue weighted by Crippen LogP contribution is -2.52. The van der Waals surface area contributed by atoms with Crippen molar-refractivity contribution in [2.24, 2.45) is 0 Å². The fraction of sp³-hybridized carbons (Fsp3) is 0.733. The molecule has 1 heterocycles. The van der Waals surface area contributed by atoms with Gasteiger partial charge in [-0.1, -0.05) is 20.8 Å². The lowest BCUT2D eigenvalue weighted by molar-refractivity contribution is 0.0909. The van der Waals surface area contributed by atoms with E-state index in [1.807, 2.05) is 12.4 Å². The van der Waals surface area contributed by atoms with E-state index in [0.29, 0.717) is 0 Å². The second-order valence-electron chi connectivity index (χ2n) is 5.38. The molecule has 0 saturated carbocycles. The molecule has 0 aromatic carbocycles. The molecule has 1 aromatic rings. The Kier molecular flexibility index (Phi) is 6.38. The maximum absolute atomic E-state index is 4.17. The van der Waals surface area contributed by atoms with Crippen molar-refractivity contribution in [3.63, 3.8) is 0 Å². The Labute approximate surface area is 117 Å². The zero-order valence-electron chi connectivity index (χ0n) is 13.0. The van der Waals surface area contributed by atoms with Gasteiger partial charge >= 0.3 is 0 Å². The minimum atomic E-state index is 0.0311. The maximum atomic E-state index is 4.17. The first-order valence-corrected chi connectivity index (χ1v) is 7.31. The molecule has 0 amide bonds. The van der Waals surface area contributed by atoms with Gasteiger partial charge in [0.2, 0.25) is 0 Å². The van der Waals surface area contributed by atoms with Crippen LogP contribution in [0.3, 0.4) is 0 Å². The first-order valence-electron chi connectivity index (χ1n) is 7.31. The molecule has 4 nitrogen and oxygen atoms in total. The molecule has 1 aromatic heterocycles. The van der Waals surface area contributed by atoms with Crippen molar-refractivity contribution in [3.8, 4) is 0 Å². The van der Waals surface area contributed by atoms with Gasteiger partial charge in [-0.05, 0) is 39.9 Å². The number of rotatable bonds is 8. The van der Waals surface area contributed by atoms with Crippen LogP contribution in [-0.4, -0.2) is 40.0 Å². The third-order valence-corrected chi connectivity index (χ3v) is 3.80. The minimum absolute atomic E-state index is 0.0311. The standard InChI is InChI=1S/C15H28N4/c1-6-9-18-14(13-10-16-12-17-11-13)15(4,5)19(7-2)8-3/h10-12,14,18H,6-9H2,1-5H3. The highest BCUT2D eigenvalue weighted by molar-refractivity contribution is 5.15. The summed E-state index contributed by atoms with van der Waals surface area (Å²) in [6, 6.07) is 0.244. The van der Waals surface area contributed by atoms with Crippen LogP contribution in [0.4, 0.5) is 0 Å². The summed E-state index contributed by atoms with van der Waals surface area (Å²) in [6.45, 7) is 14.3. The summed E-state index contributed by atoms with van der Waals surface area (Å²) in [6.07, 6.45) is 6.56. The molecule has 1 N–H and O–H groups in total. The van der Waals surface area contributed by atoms with Gasteiger partial charge in [0.15, 0.2) is 0 Å². The summed E-state index contributed by atoms with van der Waals surface area (Å²) in [5, 5.41) is 3.65. The maximum Gasteiger partial charge on any atom is 0.115 e. The second kappa shape index (κ2) is 7.56. The average molecular weight is 264 g/mol. The fourth-order valence-electron chi connectivity index (χ4n) is 2.75. The molecular formula is C15H28N4. The van der Waals surface area contributed by atoms with Crippen molar-refractivity contribution < 1.29 is 0 Å². The Bertz CT molecular complexity index is 346. The van der Waals surface area contributed by atoms with Crippen molar-refractivity contribution in [2.75, 3.05) is 19.6 Å². The summed E-state index contributed by atoms with van der Waals surface area (Å²) in [4.78, 5) is 10.8. The van der Waals surface area contributed by atoms with Gasteiger partial charge in [-0.3, -0.25) is 4.90 Å². The van der Waals surface area contributed by atoms with Gasteiger partial charge < -0.3 is 5.32 Å². The first-order chi connectivity index (χ1) is 9.07. The molecule has 1 atom stereocenters. The summed E-state index contributed by atoms with van der Waals surface area (Å²) in [5.41, 5.74) is 1.19. The highest BCUT2D eigenvalue weighted by Crippen LogP contribution is 2.30. The zero-order valence-corrected chi connectivity index (χ0v) is 13.0. The normalized spacial score (nSPS) is 13.8. The van der Waals surface area contributed by atoms with Crippen LogP contribution in [0.15, 0.2) is 18.7 Å². The van der Waals surface area contributed by atoms with Gasteiger partial charge in [0, 0.05) is 23.5 Å². The predicted octanol–water partition coefficient (Wildman–Crippen LogP) is 2.64. The summed E-state index contributed by atoms with van der Waals surface area (Å²) < 4.78 is 0. The van der Waals surface area contributed by atoms with Crippen LogP contribution in [-0.2, 0) is 0 Å². The topological polar surface area (TPSA) is 41.1 Å². The van der Waals surface area contributed by atoms with E-state index in [1.54, 1.807) is 6.33 Å². The number of aromatic nitrogens is 2. The molecule has 0 bridgehead atoms. The van der Waals surface area contributed by atoms with Crippen LogP contribution < -0.4 is 5.32 Å². The Morgan fingerprint density at radius 3 is 2.21 bits per heavy atom. The van der Waals surface area contributed by atoms with E-state index in [4.69, 9.17) is 0 Å². The van der Waals surface area contributed by atoms with Crippen molar-refractivity contribution >= 4 is 0 Å². The van der Waals surface area contributed by atoms with Crippen molar-refractivity contribution in [1.29, 1.82) is 0 Å². The molecule has 0 saturated heterocycles. The number of likely N-dealkylation sites (N-methyl/N-ethyl adjacent to an activating group) is 1. The van der Waals surface area contributed by atoms with Crippen LogP contribution >= 0.6 is 0 Å². The molecule has 0 radical (unpaired) electrons. The quantitative estimate of drug-likeness (QED) is 0.783. The van der Waals surface area contributed by atoms with Crippen LogP contribution in [0, 0.1) is 0 Å². The average Bonchev–Trinajstić information content (AvgIpc) is 2.41. The first kappa shape index (κ1) is 16.1. The number of nitrogens with one attached hydrogen (secondary N) is 1. The van der Waals surface area contributed by atoms with E-state index in [9.17, 15) is 0 Å². The summed E-state index contributed by atoms with van der Waals surface area (Å²) in [7, 11) is 0. The van der Waals surface area contributed by atoms with Crippen LogP contribution in [0.2, 0.25) is 0 Å². The molecule has 0 aliphatic rings.